The van der Waals surface area contributed by atoms with Crippen molar-refractivity contribution in [2.45, 2.75) is 33.6 Å². The third-order valence-corrected chi connectivity index (χ3v) is 6.73. The first-order chi connectivity index (χ1) is 18.1. The summed E-state index contributed by atoms with van der Waals surface area (Å²) >= 11 is 3.49. The first-order valence-electron chi connectivity index (χ1n) is 12.0. The van der Waals surface area contributed by atoms with Crippen molar-refractivity contribution in [1.82, 2.24) is 9.66 Å². The van der Waals surface area contributed by atoms with Gasteiger partial charge < -0.3 is 14.2 Å². The van der Waals surface area contributed by atoms with Gasteiger partial charge in [0.15, 0.2) is 17.3 Å². The molecule has 0 saturated heterocycles. The number of para-hydroxylation sites is 1. The van der Waals surface area contributed by atoms with E-state index in [9.17, 15) is 9.59 Å². The Labute approximate surface area is 229 Å². The Kier molecular flexibility index (Phi) is 7.97. The predicted molar refractivity (Wildman–Crippen MR) is 152 cm³/mol. The standard InChI is InChI=1S/C29H28BrN3O5/c1-16(2)21-13-22(17(3)11-25(21)36-5)28-32-24-10-8-7-9-20(24)29(35)33(28)31-15-19-12-26(37-6)27(14-23(19)30)38-18(4)34/h7-16H,1-6H3. The Bertz CT molecular complexity index is 1630. The highest BCUT2D eigenvalue weighted by Crippen LogP contribution is 2.35. The molecule has 0 aliphatic rings. The maximum absolute atomic E-state index is 13.7. The fraction of sp³-hybridized carbons (Fsp3) is 0.241. The van der Waals surface area contributed by atoms with Crippen molar-refractivity contribution in [2.24, 2.45) is 5.10 Å². The molecule has 0 radical (unpaired) electrons. The second-order valence-corrected chi connectivity index (χ2v) is 9.85. The summed E-state index contributed by atoms with van der Waals surface area (Å²) in [5.41, 5.74) is 3.55. The van der Waals surface area contributed by atoms with Crippen LogP contribution in [0.3, 0.4) is 0 Å². The van der Waals surface area contributed by atoms with Gasteiger partial charge in [-0.2, -0.15) is 9.78 Å². The van der Waals surface area contributed by atoms with Crippen LogP contribution in [-0.2, 0) is 4.79 Å². The maximum atomic E-state index is 13.7. The number of carbonyl (C=O) groups excluding carboxylic acids is 1. The molecule has 0 atom stereocenters. The van der Waals surface area contributed by atoms with Gasteiger partial charge in [0, 0.05) is 22.5 Å². The van der Waals surface area contributed by atoms with Gasteiger partial charge in [-0.15, -0.1) is 0 Å². The lowest BCUT2D eigenvalue weighted by Gasteiger charge is -2.17. The molecule has 4 aromatic rings. The van der Waals surface area contributed by atoms with Gasteiger partial charge in [-0.25, -0.2) is 4.98 Å². The monoisotopic (exact) mass is 577 g/mol. The summed E-state index contributed by atoms with van der Waals surface area (Å²) in [5.74, 6) is 1.53. The topological polar surface area (TPSA) is 92.0 Å². The van der Waals surface area contributed by atoms with Gasteiger partial charge in [-0.1, -0.05) is 26.0 Å². The average molecular weight is 578 g/mol. The van der Waals surface area contributed by atoms with Gasteiger partial charge in [-0.05, 0) is 76.3 Å². The molecule has 0 spiro atoms. The number of fused-ring (bicyclic) bond motifs is 1. The van der Waals surface area contributed by atoms with E-state index in [-0.39, 0.29) is 17.2 Å². The first-order valence-corrected chi connectivity index (χ1v) is 12.7. The van der Waals surface area contributed by atoms with Crippen molar-refractivity contribution < 1.29 is 19.0 Å². The Morgan fingerprint density at radius 1 is 1.05 bits per heavy atom. The van der Waals surface area contributed by atoms with E-state index in [1.165, 1.54) is 24.9 Å². The molecule has 0 aliphatic carbocycles. The van der Waals surface area contributed by atoms with Crippen LogP contribution in [0.1, 0.15) is 43.4 Å². The summed E-state index contributed by atoms with van der Waals surface area (Å²) in [6.07, 6.45) is 1.54. The van der Waals surface area contributed by atoms with E-state index in [0.717, 1.165) is 22.4 Å². The number of carbonyl (C=O) groups is 1. The number of halogens is 1. The molecule has 0 aliphatic heterocycles. The molecule has 9 heteroatoms. The molecule has 0 N–H and O–H groups in total. The Morgan fingerprint density at radius 3 is 2.42 bits per heavy atom. The minimum Gasteiger partial charge on any atom is -0.496 e. The lowest BCUT2D eigenvalue weighted by Crippen LogP contribution is -2.21. The smallest absolute Gasteiger partial charge is 0.308 e. The van der Waals surface area contributed by atoms with Crippen LogP contribution in [-0.4, -0.2) is 36.1 Å². The number of nitrogens with zero attached hydrogens (tertiary/aromatic N) is 3. The minimum absolute atomic E-state index is 0.188. The fourth-order valence-corrected chi connectivity index (χ4v) is 4.56. The highest BCUT2D eigenvalue weighted by Gasteiger charge is 2.19. The molecule has 38 heavy (non-hydrogen) atoms. The van der Waals surface area contributed by atoms with Gasteiger partial charge in [0.25, 0.3) is 5.56 Å². The third kappa shape index (κ3) is 5.33. The van der Waals surface area contributed by atoms with Gasteiger partial charge in [0.05, 0.1) is 31.3 Å². The predicted octanol–water partition coefficient (Wildman–Crippen LogP) is 6.08. The number of aromatic nitrogens is 2. The quantitative estimate of drug-likeness (QED) is 0.150. The molecule has 0 bridgehead atoms. The molecule has 1 heterocycles. The van der Waals surface area contributed by atoms with E-state index in [1.54, 1.807) is 31.4 Å². The van der Waals surface area contributed by atoms with Gasteiger partial charge in [0.1, 0.15) is 5.75 Å². The highest BCUT2D eigenvalue weighted by molar-refractivity contribution is 9.10. The van der Waals surface area contributed by atoms with E-state index in [0.29, 0.717) is 32.5 Å². The van der Waals surface area contributed by atoms with Crippen LogP contribution in [0.4, 0.5) is 0 Å². The molecule has 3 aromatic carbocycles. The van der Waals surface area contributed by atoms with Crippen LogP contribution in [0, 0.1) is 6.92 Å². The van der Waals surface area contributed by atoms with E-state index >= 15 is 0 Å². The summed E-state index contributed by atoms with van der Waals surface area (Å²) < 4.78 is 18.1. The fourth-order valence-electron chi connectivity index (χ4n) is 4.14. The Balaban J connectivity index is 1.95. The molecule has 0 amide bonds. The molecule has 0 unspecified atom stereocenters. The average Bonchev–Trinajstić information content (AvgIpc) is 2.88. The van der Waals surface area contributed by atoms with E-state index in [4.69, 9.17) is 19.2 Å². The van der Waals surface area contributed by atoms with Crippen molar-refractivity contribution >= 4 is 39.0 Å². The van der Waals surface area contributed by atoms with Crippen LogP contribution in [0.2, 0.25) is 0 Å². The van der Waals surface area contributed by atoms with Crippen molar-refractivity contribution in [3.05, 3.63) is 80.0 Å². The number of benzene rings is 3. The SMILES string of the molecule is COc1cc(C=Nn2c(-c3cc(C(C)C)c(OC)cc3C)nc3ccccc3c2=O)c(Br)cc1OC(C)=O. The molecular formula is C29H28BrN3O5. The van der Waals surface area contributed by atoms with Crippen molar-refractivity contribution in [1.29, 1.82) is 0 Å². The van der Waals surface area contributed by atoms with Crippen molar-refractivity contribution in [2.75, 3.05) is 14.2 Å². The summed E-state index contributed by atoms with van der Waals surface area (Å²) in [6, 6.07) is 14.4. The third-order valence-electron chi connectivity index (χ3n) is 6.04. The lowest BCUT2D eigenvalue weighted by atomic mass is 9.96. The molecule has 0 fully saturated rings. The van der Waals surface area contributed by atoms with Gasteiger partial charge in [0.2, 0.25) is 0 Å². The van der Waals surface area contributed by atoms with Crippen molar-refractivity contribution in [3.63, 3.8) is 0 Å². The van der Waals surface area contributed by atoms with E-state index < -0.39 is 5.97 Å². The summed E-state index contributed by atoms with van der Waals surface area (Å²) in [7, 11) is 3.12. The minimum atomic E-state index is -0.467. The zero-order valence-corrected chi connectivity index (χ0v) is 23.6. The zero-order valence-electron chi connectivity index (χ0n) is 22.0. The lowest BCUT2D eigenvalue weighted by molar-refractivity contribution is -0.132. The maximum Gasteiger partial charge on any atom is 0.308 e. The number of hydrogen-bond acceptors (Lipinski definition) is 7. The van der Waals surface area contributed by atoms with Crippen LogP contribution < -0.4 is 19.8 Å². The molecule has 1 aromatic heterocycles. The van der Waals surface area contributed by atoms with Crippen LogP contribution >= 0.6 is 15.9 Å². The number of methoxy groups -OCH3 is 2. The van der Waals surface area contributed by atoms with E-state index in [1.807, 2.05) is 31.2 Å². The number of ether oxygens (including phenoxy) is 3. The number of rotatable bonds is 7. The van der Waals surface area contributed by atoms with Crippen molar-refractivity contribution in [3.8, 4) is 28.6 Å². The summed E-state index contributed by atoms with van der Waals surface area (Å²) in [4.78, 5) is 30.0. The summed E-state index contributed by atoms with van der Waals surface area (Å²) in [6.45, 7) is 7.43. The zero-order chi connectivity index (χ0) is 27.6. The Hall–Kier alpha value is -3.98. The van der Waals surface area contributed by atoms with E-state index in [2.05, 4.69) is 34.9 Å². The van der Waals surface area contributed by atoms with Crippen LogP contribution in [0.15, 0.2) is 62.9 Å². The van der Waals surface area contributed by atoms with Crippen LogP contribution in [0.5, 0.6) is 17.2 Å². The largest absolute Gasteiger partial charge is 0.496 e. The highest BCUT2D eigenvalue weighted by atomic mass is 79.9. The number of hydrogen-bond donors (Lipinski definition) is 0. The second kappa shape index (κ2) is 11.2. The van der Waals surface area contributed by atoms with Crippen LogP contribution in [0.25, 0.3) is 22.3 Å². The normalized spacial score (nSPS) is 11.4. The van der Waals surface area contributed by atoms with Gasteiger partial charge >= 0.3 is 5.97 Å². The molecule has 8 nitrogen and oxygen atoms in total. The molecular weight excluding hydrogens is 550 g/mol. The summed E-state index contributed by atoms with van der Waals surface area (Å²) in [5, 5.41) is 5.03. The first kappa shape index (κ1) is 27.1. The second-order valence-electron chi connectivity index (χ2n) is 9.00. The number of aryl methyl sites for hydroxylation is 1. The molecule has 196 valence electrons. The Morgan fingerprint density at radius 2 is 1.76 bits per heavy atom. The number of esters is 1. The molecule has 0 saturated carbocycles. The molecule has 4 rings (SSSR count). The van der Waals surface area contributed by atoms with Gasteiger partial charge in [-0.3, -0.25) is 9.59 Å².